The maximum Gasteiger partial charge on any atom is 0.139 e. The van der Waals surface area contributed by atoms with Crippen LogP contribution < -0.4 is 9.64 Å². The number of unbranched alkanes of at least 4 members (excludes halogenated alkanes) is 3. The molecule has 0 unspecified atom stereocenters. The lowest BCUT2D eigenvalue weighted by Crippen LogP contribution is -2.13. The lowest BCUT2D eigenvalue weighted by Gasteiger charge is -2.18. The van der Waals surface area contributed by atoms with Crippen LogP contribution in [0.25, 0.3) is 0 Å². The van der Waals surface area contributed by atoms with Gasteiger partial charge in [-0.2, -0.15) is 0 Å². The van der Waals surface area contributed by atoms with E-state index in [1.54, 1.807) is 6.07 Å². The lowest BCUT2D eigenvalue weighted by atomic mass is 10.1. The van der Waals surface area contributed by atoms with E-state index in [1.807, 2.05) is 31.1 Å². The first-order valence-electron chi connectivity index (χ1n) is 7.21. The van der Waals surface area contributed by atoms with Gasteiger partial charge in [-0.25, -0.2) is 0 Å². The Balaban J connectivity index is 2.50. The second-order valence-electron chi connectivity index (χ2n) is 5.32. The Morgan fingerprint density at radius 1 is 1.21 bits per heavy atom. The summed E-state index contributed by atoms with van der Waals surface area (Å²) in [6, 6.07) is 5.40. The van der Waals surface area contributed by atoms with E-state index in [-0.39, 0.29) is 11.9 Å². The molecule has 0 fully saturated rings. The number of phenols is 1. The van der Waals surface area contributed by atoms with Crippen molar-refractivity contribution in [2.24, 2.45) is 0 Å². The number of anilines is 1. The predicted molar refractivity (Wildman–Crippen MR) is 81.3 cm³/mol. The molecule has 0 heterocycles. The molecule has 1 rings (SSSR count). The average molecular weight is 265 g/mol. The molecule has 0 aromatic heterocycles. The molecule has 0 radical (unpaired) electrons. The Kier molecular flexibility index (Phi) is 6.54. The molecule has 0 spiro atoms. The number of phenolic OH excluding ortho intramolecular Hbond substituents is 1. The molecular formula is C16H27NO2. The van der Waals surface area contributed by atoms with Crippen molar-refractivity contribution in [1.82, 2.24) is 0 Å². The fourth-order valence-corrected chi connectivity index (χ4v) is 2.08. The van der Waals surface area contributed by atoms with Gasteiger partial charge in [0, 0.05) is 20.2 Å². The van der Waals surface area contributed by atoms with Gasteiger partial charge in [0.1, 0.15) is 11.5 Å². The molecule has 3 nitrogen and oxygen atoms in total. The molecule has 0 saturated carbocycles. The van der Waals surface area contributed by atoms with Crippen LogP contribution in [-0.2, 0) is 0 Å². The van der Waals surface area contributed by atoms with Gasteiger partial charge in [0.2, 0.25) is 0 Å². The van der Waals surface area contributed by atoms with E-state index in [0.717, 1.165) is 17.9 Å². The molecule has 1 aromatic carbocycles. The number of hydrogen-bond acceptors (Lipinski definition) is 3. The Morgan fingerprint density at radius 2 is 1.95 bits per heavy atom. The van der Waals surface area contributed by atoms with Crippen LogP contribution in [0.2, 0.25) is 0 Å². The van der Waals surface area contributed by atoms with Crippen molar-refractivity contribution >= 4 is 5.69 Å². The molecule has 108 valence electrons. The molecule has 0 amide bonds. The minimum Gasteiger partial charge on any atom is -0.506 e. The summed E-state index contributed by atoms with van der Waals surface area (Å²) in [5.41, 5.74) is 0.788. The number of rotatable bonds is 8. The zero-order chi connectivity index (χ0) is 14.3. The Bertz CT molecular complexity index is 377. The monoisotopic (exact) mass is 265 g/mol. The van der Waals surface area contributed by atoms with Crippen LogP contribution in [0.15, 0.2) is 18.2 Å². The van der Waals surface area contributed by atoms with Crippen molar-refractivity contribution in [3.05, 3.63) is 18.2 Å². The number of ether oxygens (including phenoxy) is 1. The van der Waals surface area contributed by atoms with Gasteiger partial charge in [0.25, 0.3) is 0 Å². The zero-order valence-corrected chi connectivity index (χ0v) is 12.6. The maximum absolute atomic E-state index is 9.74. The third kappa shape index (κ3) is 5.41. The zero-order valence-electron chi connectivity index (χ0n) is 12.6. The summed E-state index contributed by atoms with van der Waals surface area (Å²) in [6.45, 7) is 4.33. The summed E-state index contributed by atoms with van der Waals surface area (Å²) in [7, 11) is 3.82. The standard InChI is InChI=1S/C16H27NO2/c1-5-6-7-8-9-13(2)19-14-10-11-16(18)15(12-14)17(3)4/h10-13,18H,5-9H2,1-4H3/t13-/m0/s1. The van der Waals surface area contributed by atoms with Crippen molar-refractivity contribution in [3.8, 4) is 11.5 Å². The summed E-state index contributed by atoms with van der Waals surface area (Å²) in [4.78, 5) is 1.88. The highest BCUT2D eigenvalue weighted by Crippen LogP contribution is 2.30. The topological polar surface area (TPSA) is 32.7 Å². The summed E-state index contributed by atoms with van der Waals surface area (Å²) in [5, 5.41) is 9.74. The van der Waals surface area contributed by atoms with Crippen LogP contribution in [0, 0.1) is 0 Å². The summed E-state index contributed by atoms with van der Waals surface area (Å²) >= 11 is 0. The predicted octanol–water partition coefficient (Wildman–Crippen LogP) is 4.20. The Labute approximate surface area is 117 Å². The molecule has 0 aliphatic heterocycles. The van der Waals surface area contributed by atoms with Crippen LogP contribution in [-0.4, -0.2) is 25.3 Å². The highest BCUT2D eigenvalue weighted by atomic mass is 16.5. The van der Waals surface area contributed by atoms with Gasteiger partial charge in [-0.15, -0.1) is 0 Å². The molecule has 3 heteroatoms. The minimum atomic E-state index is 0.219. The lowest BCUT2D eigenvalue weighted by molar-refractivity contribution is 0.206. The SMILES string of the molecule is CCCCCC[C@H](C)Oc1ccc(O)c(N(C)C)c1. The third-order valence-electron chi connectivity index (χ3n) is 3.23. The van der Waals surface area contributed by atoms with Gasteiger partial charge >= 0.3 is 0 Å². The van der Waals surface area contributed by atoms with Crippen LogP contribution in [0.5, 0.6) is 11.5 Å². The number of hydrogen-bond donors (Lipinski definition) is 1. The van der Waals surface area contributed by atoms with Crippen molar-refractivity contribution in [2.75, 3.05) is 19.0 Å². The van der Waals surface area contributed by atoms with Crippen molar-refractivity contribution in [1.29, 1.82) is 0 Å². The van der Waals surface area contributed by atoms with Crippen LogP contribution in [0.1, 0.15) is 46.0 Å². The van der Waals surface area contributed by atoms with E-state index in [4.69, 9.17) is 4.74 Å². The van der Waals surface area contributed by atoms with E-state index in [1.165, 1.54) is 25.7 Å². The van der Waals surface area contributed by atoms with Crippen molar-refractivity contribution < 1.29 is 9.84 Å². The Morgan fingerprint density at radius 3 is 2.58 bits per heavy atom. The minimum absolute atomic E-state index is 0.219. The van der Waals surface area contributed by atoms with E-state index >= 15 is 0 Å². The number of aromatic hydroxyl groups is 1. The Hall–Kier alpha value is -1.38. The second kappa shape index (κ2) is 7.93. The average Bonchev–Trinajstić information content (AvgIpc) is 2.36. The first-order chi connectivity index (χ1) is 9.04. The molecule has 0 saturated heterocycles. The first-order valence-corrected chi connectivity index (χ1v) is 7.21. The highest BCUT2D eigenvalue weighted by Gasteiger charge is 2.08. The van der Waals surface area contributed by atoms with Crippen molar-refractivity contribution in [3.63, 3.8) is 0 Å². The quantitative estimate of drug-likeness (QED) is 0.715. The van der Waals surface area contributed by atoms with Crippen LogP contribution in [0.3, 0.4) is 0 Å². The van der Waals surface area contributed by atoms with Gasteiger partial charge in [-0.05, 0) is 31.9 Å². The van der Waals surface area contributed by atoms with Gasteiger partial charge in [0.15, 0.2) is 0 Å². The van der Waals surface area contributed by atoms with Crippen molar-refractivity contribution in [2.45, 2.75) is 52.1 Å². The van der Waals surface area contributed by atoms with E-state index in [2.05, 4.69) is 13.8 Å². The summed E-state index contributed by atoms with van der Waals surface area (Å²) < 4.78 is 5.90. The normalized spacial score (nSPS) is 12.2. The molecule has 0 bridgehead atoms. The van der Waals surface area contributed by atoms with Gasteiger partial charge in [-0.3, -0.25) is 0 Å². The molecule has 19 heavy (non-hydrogen) atoms. The largest absolute Gasteiger partial charge is 0.506 e. The van der Waals surface area contributed by atoms with Gasteiger partial charge < -0.3 is 14.7 Å². The van der Waals surface area contributed by atoms with E-state index in [9.17, 15) is 5.11 Å². The number of nitrogens with zero attached hydrogens (tertiary/aromatic N) is 1. The fourth-order valence-electron chi connectivity index (χ4n) is 2.08. The maximum atomic E-state index is 9.74. The van der Waals surface area contributed by atoms with E-state index < -0.39 is 0 Å². The number of benzene rings is 1. The second-order valence-corrected chi connectivity index (χ2v) is 5.32. The highest BCUT2D eigenvalue weighted by molar-refractivity contribution is 5.59. The summed E-state index contributed by atoms with van der Waals surface area (Å²) in [5.74, 6) is 1.11. The summed E-state index contributed by atoms with van der Waals surface area (Å²) in [6.07, 6.45) is 6.36. The third-order valence-corrected chi connectivity index (χ3v) is 3.23. The molecule has 1 atom stereocenters. The molecule has 0 aliphatic carbocycles. The molecule has 0 aliphatic rings. The van der Waals surface area contributed by atoms with Crippen LogP contribution in [0.4, 0.5) is 5.69 Å². The molecule has 1 aromatic rings. The fraction of sp³-hybridized carbons (Fsp3) is 0.625. The molecular weight excluding hydrogens is 238 g/mol. The van der Waals surface area contributed by atoms with Gasteiger partial charge in [-0.1, -0.05) is 26.2 Å². The van der Waals surface area contributed by atoms with Crippen LogP contribution >= 0.6 is 0 Å². The van der Waals surface area contributed by atoms with Gasteiger partial charge in [0.05, 0.1) is 11.8 Å². The van der Waals surface area contributed by atoms with E-state index in [0.29, 0.717) is 0 Å². The first kappa shape index (κ1) is 15.7. The smallest absolute Gasteiger partial charge is 0.139 e. The molecule has 1 N–H and O–H groups in total.